The summed E-state index contributed by atoms with van der Waals surface area (Å²) in [4.78, 5) is 7.55. The van der Waals surface area contributed by atoms with E-state index in [2.05, 4.69) is 20.1 Å². The molecule has 0 amide bonds. The van der Waals surface area contributed by atoms with Gasteiger partial charge in [-0.2, -0.15) is 0 Å². The molecule has 0 aromatic heterocycles. The molecule has 0 N–H and O–H groups in total. The van der Waals surface area contributed by atoms with Gasteiger partial charge in [-0.05, 0) is 46.5 Å². The Morgan fingerprint density at radius 1 is 0.696 bits per heavy atom. The molecule has 0 aliphatic carbocycles. The highest BCUT2D eigenvalue weighted by Gasteiger charge is 1.97. The van der Waals surface area contributed by atoms with Gasteiger partial charge in [0.05, 0.1) is 0 Å². The Morgan fingerprint density at radius 2 is 1.09 bits per heavy atom. The van der Waals surface area contributed by atoms with Gasteiger partial charge in [0.15, 0.2) is 0 Å². The van der Waals surface area contributed by atoms with Crippen molar-refractivity contribution >= 4 is 23.9 Å². The summed E-state index contributed by atoms with van der Waals surface area (Å²) in [6.07, 6.45) is 6.34. The van der Waals surface area contributed by atoms with Gasteiger partial charge < -0.3 is 0 Å². The van der Waals surface area contributed by atoms with Gasteiger partial charge in [-0.3, -0.25) is 0 Å². The lowest BCUT2D eigenvalue weighted by atomic mass is 10.2. The van der Waals surface area contributed by atoms with Crippen molar-refractivity contribution in [2.45, 2.75) is 9.79 Å². The average Bonchev–Trinajstić information content (AvgIpc) is 2.58. The summed E-state index contributed by atoms with van der Waals surface area (Å²) < 4.78 is 0. The summed E-state index contributed by atoms with van der Waals surface area (Å²) in [5.74, 6) is 0. The third-order valence-corrected chi connectivity index (χ3v) is 3.78. The van der Waals surface area contributed by atoms with Gasteiger partial charge in [0.25, 0.3) is 0 Å². The zero-order chi connectivity index (χ0) is 16.3. The van der Waals surface area contributed by atoms with E-state index in [1.807, 2.05) is 48.5 Å². The first kappa shape index (κ1) is 16.3. The number of benzene rings is 2. The Balaban J connectivity index is 2.01. The van der Waals surface area contributed by atoms with Crippen LogP contribution >= 0.6 is 11.8 Å². The first-order chi connectivity index (χ1) is 11.3. The lowest BCUT2D eigenvalue weighted by Gasteiger charge is -2.03. The zero-order valence-corrected chi connectivity index (χ0v) is 12.8. The van der Waals surface area contributed by atoms with Crippen LogP contribution in [0.4, 0.5) is 0 Å². The lowest BCUT2D eigenvalue weighted by Crippen LogP contribution is -1.77. The van der Waals surface area contributed by atoms with Gasteiger partial charge in [-0.1, -0.05) is 58.4 Å². The van der Waals surface area contributed by atoms with Crippen LogP contribution in [-0.2, 0) is 0 Å². The van der Waals surface area contributed by atoms with Gasteiger partial charge in [0, 0.05) is 32.0 Å². The van der Waals surface area contributed by atoms with Gasteiger partial charge in [0.2, 0.25) is 0 Å². The predicted molar refractivity (Wildman–Crippen MR) is 93.4 cm³/mol. The van der Waals surface area contributed by atoms with E-state index in [9.17, 15) is 0 Å². The molecule has 23 heavy (non-hydrogen) atoms. The minimum absolute atomic E-state index is 0.972. The smallest absolute Gasteiger partial charge is 0.0122 e. The Morgan fingerprint density at radius 3 is 1.43 bits per heavy atom. The monoisotopic (exact) mass is 320 g/mol. The molecule has 0 fully saturated rings. The van der Waals surface area contributed by atoms with Crippen molar-refractivity contribution in [2.75, 3.05) is 0 Å². The van der Waals surface area contributed by atoms with Crippen LogP contribution in [0.2, 0.25) is 0 Å². The number of nitrogens with zero attached hydrogens (tertiary/aromatic N) is 6. The fourth-order valence-corrected chi connectivity index (χ4v) is 2.54. The van der Waals surface area contributed by atoms with Crippen LogP contribution in [0.25, 0.3) is 33.0 Å². The normalized spacial score (nSPS) is 10.4. The summed E-state index contributed by atoms with van der Waals surface area (Å²) in [7, 11) is 0. The van der Waals surface area contributed by atoms with E-state index in [1.165, 1.54) is 12.4 Å². The first-order valence-corrected chi connectivity index (χ1v) is 7.43. The van der Waals surface area contributed by atoms with Crippen molar-refractivity contribution in [3.05, 3.63) is 92.9 Å². The van der Waals surface area contributed by atoms with Crippen molar-refractivity contribution in [3.63, 3.8) is 0 Å². The molecule has 2 rings (SSSR count). The highest BCUT2D eigenvalue weighted by molar-refractivity contribution is 7.99. The molecule has 2 aromatic rings. The van der Waals surface area contributed by atoms with Gasteiger partial charge >= 0.3 is 0 Å². The molecule has 0 atom stereocenters. The van der Waals surface area contributed by atoms with Crippen LogP contribution in [0.1, 0.15) is 11.1 Å². The standard InChI is InChI=1S/C16H12N6S/c17-21-19-11-9-13-1-5-15(6-2-13)23-16-7-3-14(4-8-16)10-12-20-22-18/h1-12H/b11-9+,12-10+. The van der Waals surface area contributed by atoms with E-state index < -0.39 is 0 Å². The fourth-order valence-electron chi connectivity index (χ4n) is 1.73. The predicted octanol–water partition coefficient (Wildman–Crippen LogP) is 6.40. The van der Waals surface area contributed by atoms with Crippen LogP contribution in [0.5, 0.6) is 0 Å². The Hall–Kier alpha value is -3.11. The zero-order valence-electron chi connectivity index (χ0n) is 12.0. The van der Waals surface area contributed by atoms with E-state index >= 15 is 0 Å². The van der Waals surface area contributed by atoms with Crippen molar-refractivity contribution in [2.24, 2.45) is 10.2 Å². The quantitative estimate of drug-likeness (QED) is 0.343. The van der Waals surface area contributed by atoms with Crippen LogP contribution in [0.3, 0.4) is 0 Å². The molecule has 2 aromatic carbocycles. The molecule has 0 spiro atoms. The molecular formula is C16H12N6S. The Bertz CT molecular complexity index is 726. The molecule has 0 unspecified atom stereocenters. The van der Waals surface area contributed by atoms with Crippen molar-refractivity contribution < 1.29 is 0 Å². The van der Waals surface area contributed by atoms with E-state index in [1.54, 1.807) is 23.9 Å². The van der Waals surface area contributed by atoms with E-state index in [0.717, 1.165) is 20.9 Å². The molecule has 0 bridgehead atoms. The summed E-state index contributed by atoms with van der Waals surface area (Å²) in [5.41, 5.74) is 18.4. The Kier molecular flexibility index (Phi) is 6.38. The topological polar surface area (TPSA) is 97.5 Å². The number of hydrogen-bond donors (Lipinski definition) is 0. The average molecular weight is 320 g/mol. The minimum atomic E-state index is 0.972. The van der Waals surface area contributed by atoms with Gasteiger partial charge in [-0.15, -0.1) is 0 Å². The molecule has 6 nitrogen and oxygen atoms in total. The second-order valence-corrected chi connectivity index (χ2v) is 5.43. The summed E-state index contributed by atoms with van der Waals surface area (Å²) in [5, 5.41) is 6.71. The summed E-state index contributed by atoms with van der Waals surface area (Å²) in [6, 6.07) is 15.9. The van der Waals surface area contributed by atoms with Crippen LogP contribution in [0, 0.1) is 0 Å². The van der Waals surface area contributed by atoms with Crippen molar-refractivity contribution in [1.29, 1.82) is 0 Å². The lowest BCUT2D eigenvalue weighted by molar-refractivity contribution is 1.39. The summed E-state index contributed by atoms with van der Waals surface area (Å²) in [6.45, 7) is 0. The van der Waals surface area contributed by atoms with E-state index in [0.29, 0.717) is 0 Å². The molecule has 0 aliphatic heterocycles. The van der Waals surface area contributed by atoms with E-state index in [4.69, 9.17) is 11.1 Å². The number of rotatable bonds is 6. The highest BCUT2D eigenvalue weighted by atomic mass is 32.2. The molecular weight excluding hydrogens is 308 g/mol. The van der Waals surface area contributed by atoms with Crippen molar-refractivity contribution in [1.82, 2.24) is 0 Å². The number of hydrogen-bond acceptors (Lipinski definition) is 3. The van der Waals surface area contributed by atoms with Gasteiger partial charge in [-0.25, -0.2) is 0 Å². The van der Waals surface area contributed by atoms with Crippen LogP contribution in [0.15, 0.2) is 81.0 Å². The maximum absolute atomic E-state index is 8.21. The van der Waals surface area contributed by atoms with E-state index in [-0.39, 0.29) is 0 Å². The maximum Gasteiger partial charge on any atom is 0.0122 e. The maximum atomic E-state index is 8.21. The van der Waals surface area contributed by atoms with Crippen LogP contribution in [-0.4, -0.2) is 0 Å². The summed E-state index contributed by atoms with van der Waals surface area (Å²) >= 11 is 1.65. The number of azide groups is 2. The van der Waals surface area contributed by atoms with Crippen LogP contribution < -0.4 is 0 Å². The molecule has 112 valence electrons. The second-order valence-electron chi connectivity index (χ2n) is 4.28. The molecule has 0 radical (unpaired) electrons. The first-order valence-electron chi connectivity index (χ1n) is 6.61. The molecule has 7 heteroatoms. The third-order valence-electron chi connectivity index (χ3n) is 2.77. The molecule has 0 aliphatic rings. The van der Waals surface area contributed by atoms with Gasteiger partial charge in [0.1, 0.15) is 0 Å². The molecule has 0 saturated carbocycles. The third kappa shape index (κ3) is 5.65. The highest BCUT2D eigenvalue weighted by Crippen LogP contribution is 2.28. The Labute approximate surface area is 137 Å². The molecule has 0 saturated heterocycles. The SMILES string of the molecule is [N-]=[N+]=N/C=C/c1ccc(Sc2ccc(/C=C/N=[N+]=[N-])cc2)cc1. The molecule has 0 heterocycles. The second kappa shape index (κ2) is 9.02. The minimum Gasteiger partial charge on any atom is -0.0901 e. The van der Waals surface area contributed by atoms with Crippen molar-refractivity contribution in [3.8, 4) is 0 Å². The fraction of sp³-hybridized carbons (Fsp3) is 0. The largest absolute Gasteiger partial charge is 0.0901 e.